The highest BCUT2D eigenvalue weighted by atomic mass is 35.5. The number of carbonyl (C=O) groups is 1. The molecule has 1 amide bonds. The molecule has 2 fully saturated rings. The number of nitrogen functional groups attached to an aromatic ring is 1. The summed E-state index contributed by atoms with van der Waals surface area (Å²) in [4.78, 5) is 27.9. The third-order valence-electron chi connectivity index (χ3n) is 10.4. The van der Waals surface area contributed by atoms with Crippen molar-refractivity contribution in [2.24, 2.45) is 0 Å². The highest BCUT2D eigenvalue weighted by molar-refractivity contribution is 6.31. The molecule has 3 aromatic rings. The summed E-state index contributed by atoms with van der Waals surface area (Å²) in [6.07, 6.45) is -5.27. The summed E-state index contributed by atoms with van der Waals surface area (Å²) in [6.45, 7) is 4.06. The molecule has 7 rings (SSSR count). The molecule has 2 atom stereocenters. The zero-order chi connectivity index (χ0) is 36.4. The fourth-order valence-electron chi connectivity index (χ4n) is 7.86. The Hall–Kier alpha value is -4.02. The van der Waals surface area contributed by atoms with E-state index < -0.39 is 34.5 Å². The highest BCUT2D eigenvalue weighted by Crippen LogP contribution is 2.46. The van der Waals surface area contributed by atoms with Crippen molar-refractivity contribution in [2.75, 3.05) is 51.0 Å². The van der Waals surface area contributed by atoms with Crippen molar-refractivity contribution in [3.8, 4) is 6.01 Å². The van der Waals surface area contributed by atoms with Gasteiger partial charge in [0.25, 0.3) is 12.0 Å². The lowest BCUT2D eigenvalue weighted by molar-refractivity contribution is -0.139. The van der Waals surface area contributed by atoms with Gasteiger partial charge in [-0.05, 0) is 56.8 Å². The van der Waals surface area contributed by atoms with Crippen LogP contribution in [0.1, 0.15) is 75.9 Å². The van der Waals surface area contributed by atoms with Crippen LogP contribution in [0, 0.1) is 6.92 Å². The largest absolute Gasteiger partial charge is 0.461 e. The molecule has 2 aromatic heterocycles. The summed E-state index contributed by atoms with van der Waals surface area (Å²) in [7, 11) is 3.33. The van der Waals surface area contributed by atoms with Crippen molar-refractivity contribution in [2.45, 2.75) is 76.5 Å². The Bertz CT molecular complexity index is 1910. The van der Waals surface area contributed by atoms with Crippen molar-refractivity contribution in [1.82, 2.24) is 29.5 Å². The predicted octanol–water partition coefficient (Wildman–Crippen LogP) is 5.93. The van der Waals surface area contributed by atoms with Gasteiger partial charge in [-0.25, -0.2) is 0 Å². The Morgan fingerprint density at radius 3 is 2.67 bits per heavy atom. The quantitative estimate of drug-likeness (QED) is 0.243. The molecule has 17 heteroatoms. The molecular formula is C34H38ClF5N8O3. The maximum Gasteiger partial charge on any atom is 0.418 e. The second kappa shape index (κ2) is 13.2. The van der Waals surface area contributed by atoms with Gasteiger partial charge < -0.3 is 25.0 Å². The number of nitrogens with two attached hydrogens (primary N) is 1. The number of halogens is 6. The molecule has 4 aliphatic rings. The van der Waals surface area contributed by atoms with Gasteiger partial charge in [-0.2, -0.15) is 37.0 Å². The van der Waals surface area contributed by atoms with Gasteiger partial charge in [0.05, 0.1) is 46.8 Å². The average Bonchev–Trinajstić information content (AvgIpc) is 3.66. The molecule has 0 spiro atoms. The molecule has 6 heterocycles. The number of rotatable bonds is 6. The number of benzene rings is 1. The van der Waals surface area contributed by atoms with Crippen LogP contribution in [0.2, 0.25) is 5.02 Å². The van der Waals surface area contributed by atoms with Crippen molar-refractivity contribution in [3.05, 3.63) is 68.1 Å². The Balaban J connectivity index is 1.27. The molecule has 4 aliphatic heterocycles. The minimum Gasteiger partial charge on any atom is -0.461 e. The van der Waals surface area contributed by atoms with Crippen molar-refractivity contribution >= 4 is 29.0 Å². The molecule has 0 saturated carbocycles. The standard InChI is InChI=1S/C34H38ClF5N8O3/c1-18-25-15-46(7-5-9-48(25)44-28(18)31(49)45(2)3)30-22-16-50-26(21-10-20(41)11-23(35)27(21)34(38,39)40)12-24(22)42-32(43-30)51-17-33-6-4-8-47(33)14-19(13-33)29(36)37/h10-11,26H,4-9,12-17,41H2,1-3H3/t26-,33-/m0/s1. The number of ether oxygens (including phenoxy) is 2. The van der Waals surface area contributed by atoms with Gasteiger partial charge in [-0.1, -0.05) is 11.6 Å². The summed E-state index contributed by atoms with van der Waals surface area (Å²) in [6, 6.07) is 2.27. The van der Waals surface area contributed by atoms with Crippen molar-refractivity contribution in [3.63, 3.8) is 0 Å². The van der Waals surface area contributed by atoms with Gasteiger partial charge >= 0.3 is 12.2 Å². The molecule has 2 saturated heterocycles. The predicted molar refractivity (Wildman–Crippen MR) is 178 cm³/mol. The monoisotopic (exact) mass is 736 g/mol. The molecule has 0 unspecified atom stereocenters. The van der Waals surface area contributed by atoms with E-state index in [9.17, 15) is 26.7 Å². The third kappa shape index (κ3) is 6.50. The fourth-order valence-corrected chi connectivity index (χ4v) is 8.20. The van der Waals surface area contributed by atoms with Crippen LogP contribution in [0.4, 0.5) is 33.5 Å². The molecule has 274 valence electrons. The number of aromatic nitrogens is 4. The Morgan fingerprint density at radius 1 is 1.16 bits per heavy atom. The minimum atomic E-state index is -4.77. The van der Waals surface area contributed by atoms with Crippen molar-refractivity contribution in [1.29, 1.82) is 0 Å². The first-order valence-corrected chi connectivity index (χ1v) is 17.1. The zero-order valence-electron chi connectivity index (χ0n) is 28.4. The first-order valence-electron chi connectivity index (χ1n) is 16.8. The number of fused-ring (bicyclic) bond motifs is 3. The average molecular weight is 737 g/mol. The lowest BCUT2D eigenvalue weighted by Gasteiger charge is -2.33. The molecule has 0 bridgehead atoms. The molecular weight excluding hydrogens is 699 g/mol. The summed E-state index contributed by atoms with van der Waals surface area (Å²) in [5.41, 5.74) is 7.17. The van der Waals surface area contributed by atoms with E-state index in [4.69, 9.17) is 36.8 Å². The van der Waals surface area contributed by atoms with E-state index >= 15 is 0 Å². The van der Waals surface area contributed by atoms with Crippen LogP contribution in [-0.2, 0) is 37.0 Å². The summed E-state index contributed by atoms with van der Waals surface area (Å²) < 4.78 is 84.3. The summed E-state index contributed by atoms with van der Waals surface area (Å²) >= 11 is 6.08. The third-order valence-corrected chi connectivity index (χ3v) is 10.7. The van der Waals surface area contributed by atoms with Gasteiger partial charge in [0.2, 0.25) is 0 Å². The maximum absolute atomic E-state index is 14.3. The van der Waals surface area contributed by atoms with E-state index in [-0.39, 0.29) is 61.3 Å². The second-order valence-electron chi connectivity index (χ2n) is 13.9. The number of hydrogen-bond acceptors (Lipinski definition) is 9. The Morgan fingerprint density at radius 2 is 1.94 bits per heavy atom. The first kappa shape index (κ1) is 35.4. The van der Waals surface area contributed by atoms with E-state index in [1.165, 1.54) is 11.0 Å². The lowest BCUT2D eigenvalue weighted by atomic mass is 9.93. The van der Waals surface area contributed by atoms with E-state index in [0.717, 1.165) is 23.7 Å². The normalized spacial score (nSPS) is 22.0. The van der Waals surface area contributed by atoms with Crippen LogP contribution in [0.5, 0.6) is 6.01 Å². The second-order valence-corrected chi connectivity index (χ2v) is 14.3. The van der Waals surface area contributed by atoms with Crippen LogP contribution in [-0.4, -0.2) is 81.3 Å². The lowest BCUT2D eigenvalue weighted by Crippen LogP contribution is -2.43. The number of alkyl halides is 3. The Kier molecular flexibility index (Phi) is 9.15. The molecule has 11 nitrogen and oxygen atoms in total. The molecule has 51 heavy (non-hydrogen) atoms. The van der Waals surface area contributed by atoms with Crippen molar-refractivity contribution < 1.29 is 36.2 Å². The van der Waals surface area contributed by atoms with Gasteiger partial charge in [-0.15, -0.1) is 0 Å². The van der Waals surface area contributed by atoms with Gasteiger partial charge in [-0.3, -0.25) is 14.4 Å². The first-order chi connectivity index (χ1) is 24.1. The topological polar surface area (TPSA) is 115 Å². The number of nitrogens with zero attached hydrogens (tertiary/aromatic N) is 7. The number of aryl methyl sites for hydroxylation is 1. The van der Waals surface area contributed by atoms with E-state index in [1.54, 1.807) is 14.1 Å². The number of amides is 1. The SMILES string of the molecule is Cc1c(C(=O)N(C)C)nn2c1CN(c1nc(OC[C@@]34CCCN3CC(=C(F)F)C4)nc3c1CO[C@H](c1cc(N)cc(Cl)c1C(F)(F)F)C3)CCC2. The summed E-state index contributed by atoms with van der Waals surface area (Å²) in [5.74, 6) is 0.263. The zero-order valence-corrected chi connectivity index (χ0v) is 29.2. The van der Waals surface area contributed by atoms with Gasteiger partial charge in [0.15, 0.2) is 5.69 Å². The van der Waals surface area contributed by atoms with Gasteiger partial charge in [0, 0.05) is 62.5 Å². The minimum absolute atomic E-state index is 0.0108. The number of hydrogen-bond donors (Lipinski definition) is 1. The van der Waals surface area contributed by atoms with Crippen LogP contribution in [0.25, 0.3) is 0 Å². The van der Waals surface area contributed by atoms with Crippen LogP contribution in [0.15, 0.2) is 23.8 Å². The van der Waals surface area contributed by atoms with Crippen LogP contribution < -0.4 is 15.4 Å². The van der Waals surface area contributed by atoms with Gasteiger partial charge in [0.1, 0.15) is 12.4 Å². The maximum atomic E-state index is 14.3. The van der Waals surface area contributed by atoms with E-state index in [0.29, 0.717) is 61.8 Å². The smallest absolute Gasteiger partial charge is 0.418 e. The van der Waals surface area contributed by atoms with E-state index in [1.807, 2.05) is 21.4 Å². The Labute approximate surface area is 296 Å². The molecule has 2 N–H and O–H groups in total. The van der Waals surface area contributed by atoms with E-state index in [2.05, 4.69) is 5.10 Å². The van der Waals surface area contributed by atoms with Crippen LogP contribution >= 0.6 is 11.6 Å². The molecule has 1 aromatic carbocycles. The van der Waals surface area contributed by atoms with Crippen LogP contribution in [0.3, 0.4) is 0 Å². The number of carbonyl (C=O) groups excluding carboxylic acids is 1. The summed E-state index contributed by atoms with van der Waals surface area (Å²) in [5, 5.41) is 4.08. The number of anilines is 2. The molecule has 0 aliphatic carbocycles. The highest BCUT2D eigenvalue weighted by Gasteiger charge is 2.48. The fraction of sp³-hybridized carbons (Fsp3) is 0.529. The molecule has 0 radical (unpaired) electrons.